The number of amides is 2. The molecular formula is C16H17FN4O3. The lowest BCUT2D eigenvalue weighted by Gasteiger charge is -2.17. The van der Waals surface area contributed by atoms with Crippen LogP contribution in [0.25, 0.3) is 11.5 Å². The number of rotatable bonds is 3. The van der Waals surface area contributed by atoms with Gasteiger partial charge in [0.25, 0.3) is 5.89 Å². The molecule has 7 nitrogen and oxygen atoms in total. The van der Waals surface area contributed by atoms with E-state index in [2.05, 4.69) is 15.5 Å². The number of likely N-dealkylation sites (tertiary alicyclic amines) is 1. The first-order valence-electron chi connectivity index (χ1n) is 7.97. The van der Waals surface area contributed by atoms with Gasteiger partial charge in [0, 0.05) is 19.0 Å². The summed E-state index contributed by atoms with van der Waals surface area (Å²) in [5.41, 5.74) is 0.747. The van der Waals surface area contributed by atoms with E-state index in [4.69, 9.17) is 4.52 Å². The molecule has 2 amide bonds. The van der Waals surface area contributed by atoms with Gasteiger partial charge in [-0.3, -0.25) is 0 Å². The van der Waals surface area contributed by atoms with Gasteiger partial charge < -0.3 is 19.8 Å². The molecule has 2 fully saturated rings. The normalized spacial score (nSPS) is 20.4. The van der Waals surface area contributed by atoms with Crippen molar-refractivity contribution in [2.24, 2.45) is 0 Å². The summed E-state index contributed by atoms with van der Waals surface area (Å²) < 4.78 is 18.9. The van der Waals surface area contributed by atoms with Crippen LogP contribution in [0.4, 0.5) is 14.9 Å². The molecule has 0 radical (unpaired) electrons. The monoisotopic (exact) mass is 332 g/mol. The maximum absolute atomic E-state index is 13.7. The number of carbonyl (C=O) groups excluding carboxylic acids is 1. The van der Waals surface area contributed by atoms with E-state index in [-0.39, 0.29) is 18.5 Å². The number of nitrogens with zero attached hydrogens (tertiary/aromatic N) is 3. The summed E-state index contributed by atoms with van der Waals surface area (Å²) in [5, 5.41) is 16.2. The second-order valence-corrected chi connectivity index (χ2v) is 6.24. The van der Waals surface area contributed by atoms with Gasteiger partial charge in [-0.2, -0.15) is 4.98 Å². The molecule has 0 bridgehead atoms. The maximum atomic E-state index is 13.7. The molecule has 0 spiro atoms. The third-order valence-corrected chi connectivity index (χ3v) is 4.29. The van der Waals surface area contributed by atoms with Crippen LogP contribution in [0.3, 0.4) is 0 Å². The molecular weight excluding hydrogens is 315 g/mol. The summed E-state index contributed by atoms with van der Waals surface area (Å²) in [7, 11) is 0. The van der Waals surface area contributed by atoms with Crippen molar-refractivity contribution in [3.63, 3.8) is 0 Å². The van der Waals surface area contributed by atoms with Crippen molar-refractivity contribution in [3.05, 3.63) is 29.8 Å². The number of halogens is 1. The Labute approximate surface area is 137 Å². The molecule has 126 valence electrons. The lowest BCUT2D eigenvalue weighted by Crippen LogP contribution is -2.33. The van der Waals surface area contributed by atoms with Gasteiger partial charge in [0.2, 0.25) is 0 Å². The predicted octanol–water partition coefficient (Wildman–Crippen LogP) is 2.35. The Kier molecular flexibility index (Phi) is 3.68. The largest absolute Gasteiger partial charge is 0.391 e. The Morgan fingerprint density at radius 3 is 2.92 bits per heavy atom. The highest BCUT2D eigenvalue weighted by Gasteiger charge is 2.30. The van der Waals surface area contributed by atoms with Crippen molar-refractivity contribution in [1.29, 1.82) is 0 Å². The van der Waals surface area contributed by atoms with E-state index in [0.717, 1.165) is 12.8 Å². The number of aliphatic hydroxyl groups excluding tert-OH is 1. The first kappa shape index (κ1) is 15.1. The van der Waals surface area contributed by atoms with Crippen LogP contribution in [0.5, 0.6) is 0 Å². The topological polar surface area (TPSA) is 91.5 Å². The average Bonchev–Trinajstić information content (AvgIpc) is 3.13. The average molecular weight is 332 g/mol. The molecule has 2 aromatic rings. The number of aromatic nitrogens is 2. The molecule has 2 heterocycles. The molecule has 2 N–H and O–H groups in total. The van der Waals surface area contributed by atoms with E-state index < -0.39 is 11.9 Å². The Morgan fingerprint density at radius 1 is 1.38 bits per heavy atom. The Balaban J connectivity index is 1.59. The zero-order chi connectivity index (χ0) is 16.7. The highest BCUT2D eigenvalue weighted by molar-refractivity contribution is 5.93. The summed E-state index contributed by atoms with van der Waals surface area (Å²) in [4.78, 5) is 18.1. The molecule has 1 saturated carbocycles. The second-order valence-electron chi connectivity index (χ2n) is 6.24. The summed E-state index contributed by atoms with van der Waals surface area (Å²) in [6, 6.07) is 3.64. The number of nitrogens with one attached hydrogen (secondary N) is 1. The van der Waals surface area contributed by atoms with E-state index in [1.54, 1.807) is 0 Å². The Morgan fingerprint density at radius 2 is 2.21 bits per heavy atom. The first-order valence-corrected chi connectivity index (χ1v) is 7.97. The van der Waals surface area contributed by atoms with Crippen molar-refractivity contribution >= 4 is 11.7 Å². The fraction of sp³-hybridized carbons (Fsp3) is 0.438. The van der Waals surface area contributed by atoms with E-state index in [9.17, 15) is 14.3 Å². The zero-order valence-corrected chi connectivity index (χ0v) is 12.9. The van der Waals surface area contributed by atoms with Gasteiger partial charge in [0.1, 0.15) is 5.82 Å². The van der Waals surface area contributed by atoms with E-state index in [0.29, 0.717) is 36.0 Å². The second kappa shape index (κ2) is 5.86. The molecule has 1 aromatic heterocycles. The summed E-state index contributed by atoms with van der Waals surface area (Å²) in [6.45, 7) is 0.769. The quantitative estimate of drug-likeness (QED) is 0.900. The number of hydrogen-bond donors (Lipinski definition) is 2. The van der Waals surface area contributed by atoms with Gasteiger partial charge in [-0.15, -0.1) is 0 Å². The number of aliphatic hydroxyl groups is 1. The minimum absolute atomic E-state index is 0.188. The van der Waals surface area contributed by atoms with Gasteiger partial charge in [0.05, 0.1) is 17.4 Å². The van der Waals surface area contributed by atoms with Crippen LogP contribution in [0, 0.1) is 5.82 Å². The van der Waals surface area contributed by atoms with E-state index in [1.165, 1.54) is 23.1 Å². The van der Waals surface area contributed by atoms with Crippen LogP contribution >= 0.6 is 0 Å². The Hall–Kier alpha value is -2.48. The minimum atomic E-state index is -0.500. The summed E-state index contributed by atoms with van der Waals surface area (Å²) in [5.74, 6) is 0.674. The zero-order valence-electron chi connectivity index (χ0n) is 12.9. The minimum Gasteiger partial charge on any atom is -0.391 e. The van der Waals surface area contributed by atoms with Crippen LogP contribution in [-0.2, 0) is 0 Å². The van der Waals surface area contributed by atoms with Crippen LogP contribution < -0.4 is 5.32 Å². The molecule has 1 saturated heterocycles. The lowest BCUT2D eigenvalue weighted by atomic mass is 10.1. The van der Waals surface area contributed by atoms with E-state index in [1.807, 2.05) is 0 Å². The van der Waals surface area contributed by atoms with Crippen LogP contribution in [-0.4, -0.2) is 45.4 Å². The standard InChI is InChI=1S/C16H17FN4O3/c17-10-3-4-13(18-16(23)21-6-5-11(22)8-21)12(7-10)15-19-14(20-24-15)9-1-2-9/h3-4,7,9,11,22H,1-2,5-6,8H2,(H,18,23)/t11-/m0/s1. The van der Waals surface area contributed by atoms with Gasteiger partial charge in [-0.1, -0.05) is 5.16 Å². The molecule has 8 heteroatoms. The molecule has 1 aliphatic carbocycles. The fourth-order valence-corrected chi connectivity index (χ4v) is 2.77. The first-order chi connectivity index (χ1) is 11.6. The highest BCUT2D eigenvalue weighted by atomic mass is 19.1. The Bertz CT molecular complexity index is 774. The van der Waals surface area contributed by atoms with Gasteiger partial charge in [-0.05, 0) is 37.5 Å². The molecule has 1 atom stereocenters. The maximum Gasteiger partial charge on any atom is 0.321 e. The van der Waals surface area contributed by atoms with Gasteiger partial charge >= 0.3 is 6.03 Å². The number of anilines is 1. The molecule has 2 aliphatic rings. The molecule has 1 aliphatic heterocycles. The summed E-state index contributed by atoms with van der Waals surface area (Å²) in [6.07, 6.45) is 2.12. The molecule has 0 unspecified atom stereocenters. The molecule has 4 rings (SSSR count). The van der Waals surface area contributed by atoms with Crippen molar-refractivity contribution in [1.82, 2.24) is 15.0 Å². The SMILES string of the molecule is O=C(Nc1ccc(F)cc1-c1nc(C2CC2)no1)N1CC[C@H](O)C1. The number of benzene rings is 1. The number of urea groups is 1. The number of β-amino-alcohol motifs (C(OH)–C–C–N with tert-alkyl or cyclic N) is 1. The van der Waals surface area contributed by atoms with Crippen molar-refractivity contribution in [2.45, 2.75) is 31.3 Å². The number of carbonyl (C=O) groups is 1. The van der Waals surface area contributed by atoms with Gasteiger partial charge in [0.15, 0.2) is 5.82 Å². The van der Waals surface area contributed by atoms with Gasteiger partial charge in [-0.25, -0.2) is 9.18 Å². The molecule has 24 heavy (non-hydrogen) atoms. The number of hydrogen-bond acceptors (Lipinski definition) is 5. The van der Waals surface area contributed by atoms with Crippen LogP contribution in [0.15, 0.2) is 22.7 Å². The molecule has 1 aromatic carbocycles. The van der Waals surface area contributed by atoms with Crippen molar-refractivity contribution in [2.75, 3.05) is 18.4 Å². The smallest absolute Gasteiger partial charge is 0.321 e. The highest BCUT2D eigenvalue weighted by Crippen LogP contribution is 2.39. The van der Waals surface area contributed by atoms with Crippen molar-refractivity contribution in [3.8, 4) is 11.5 Å². The van der Waals surface area contributed by atoms with E-state index >= 15 is 0 Å². The lowest BCUT2D eigenvalue weighted by molar-refractivity contribution is 0.176. The summed E-state index contributed by atoms with van der Waals surface area (Å²) >= 11 is 0. The predicted molar refractivity (Wildman–Crippen MR) is 82.9 cm³/mol. The third-order valence-electron chi connectivity index (χ3n) is 4.29. The fourth-order valence-electron chi connectivity index (χ4n) is 2.77. The van der Waals surface area contributed by atoms with Crippen LogP contribution in [0.2, 0.25) is 0 Å². The van der Waals surface area contributed by atoms with Crippen molar-refractivity contribution < 1.29 is 18.8 Å². The van der Waals surface area contributed by atoms with Crippen LogP contribution in [0.1, 0.15) is 31.0 Å². The third kappa shape index (κ3) is 2.96.